The molecule has 0 aliphatic rings. The van der Waals surface area contributed by atoms with Crippen molar-refractivity contribution >= 4 is 7.82 Å². The molecule has 0 atom stereocenters. The van der Waals surface area contributed by atoms with Crippen LogP contribution in [0.5, 0.6) is 0 Å². The highest BCUT2D eigenvalue weighted by Gasteiger charge is 2.56. The third kappa shape index (κ3) is 6.01. The minimum atomic E-state index is -5.34. The van der Waals surface area contributed by atoms with E-state index in [2.05, 4.69) is 0 Å². The standard InChI is InChI=1S/C6H30N15O4P/c7-1(8,9)4(16,17)23-26(22,24-5(18,19)2(10,11)12)25-6(20,21)3(13,14)15/h7-21H2. The fourth-order valence-electron chi connectivity index (χ4n) is 0.848. The van der Waals surface area contributed by atoms with Crippen LogP contribution in [0.4, 0.5) is 0 Å². The Balaban J connectivity index is 6.10. The summed E-state index contributed by atoms with van der Waals surface area (Å²) in [5.41, 5.74) is 80.3. The number of phosphoric ester groups is 1. The molecule has 158 valence electrons. The number of rotatable bonds is 9. The first kappa shape index (κ1) is 25.5. The lowest BCUT2D eigenvalue weighted by molar-refractivity contribution is -0.111. The van der Waals surface area contributed by atoms with E-state index in [0.717, 1.165) is 0 Å². The first-order valence-electron chi connectivity index (χ1n) is 6.42. The highest BCUT2D eigenvalue weighted by atomic mass is 31.2. The second-order valence-electron chi connectivity index (χ2n) is 5.90. The maximum Gasteiger partial charge on any atom is 0.483 e. The number of nitrogens with two attached hydrogens (primary N) is 15. The highest BCUT2D eigenvalue weighted by Crippen LogP contribution is 2.55. The number of phosphoric acid groups is 1. The van der Waals surface area contributed by atoms with E-state index in [1.807, 2.05) is 0 Å². The van der Waals surface area contributed by atoms with Gasteiger partial charge in [0.1, 0.15) is 0 Å². The van der Waals surface area contributed by atoms with Gasteiger partial charge in [-0.15, -0.1) is 0 Å². The molecule has 0 bridgehead atoms. The minimum Gasteiger partial charge on any atom is -0.296 e. The quantitative estimate of drug-likeness (QED) is 0.124. The molecule has 0 saturated carbocycles. The normalized spacial score (nSPS) is 16.1. The Bertz CT molecular complexity index is 468. The van der Waals surface area contributed by atoms with E-state index in [0.29, 0.717) is 0 Å². The zero-order chi connectivity index (χ0) is 21.6. The predicted octanol–water partition coefficient (Wildman–Crippen LogP) is -9.55. The zero-order valence-corrected chi connectivity index (χ0v) is 14.6. The van der Waals surface area contributed by atoms with Crippen LogP contribution in [0.2, 0.25) is 0 Å². The zero-order valence-electron chi connectivity index (χ0n) is 13.7. The molecule has 0 aliphatic heterocycles. The molecule has 0 amide bonds. The fraction of sp³-hybridized carbons (Fsp3) is 1.00. The highest BCUT2D eigenvalue weighted by molar-refractivity contribution is 7.48. The summed E-state index contributed by atoms with van der Waals surface area (Å²) in [6, 6.07) is 0. The molecular formula is C6H30N15O4P. The van der Waals surface area contributed by atoms with Gasteiger partial charge in [-0.25, -0.2) is 18.1 Å². The second-order valence-corrected chi connectivity index (χ2v) is 7.34. The Morgan fingerprint density at radius 3 is 0.692 bits per heavy atom. The van der Waals surface area contributed by atoms with Crippen LogP contribution >= 0.6 is 7.82 Å². The monoisotopic (exact) mass is 407 g/mol. The smallest absolute Gasteiger partial charge is 0.296 e. The summed E-state index contributed by atoms with van der Waals surface area (Å²) in [5, 5.41) is 0. The van der Waals surface area contributed by atoms with Gasteiger partial charge in [-0.3, -0.25) is 86.0 Å². The maximum atomic E-state index is 13.0. The van der Waals surface area contributed by atoms with Crippen molar-refractivity contribution < 1.29 is 18.1 Å². The van der Waals surface area contributed by atoms with E-state index in [-0.39, 0.29) is 0 Å². The van der Waals surface area contributed by atoms with Gasteiger partial charge in [0.15, 0.2) is 17.4 Å². The molecule has 30 N–H and O–H groups in total. The van der Waals surface area contributed by atoms with Crippen molar-refractivity contribution in [1.82, 2.24) is 0 Å². The van der Waals surface area contributed by atoms with Gasteiger partial charge >= 0.3 is 7.82 Å². The van der Waals surface area contributed by atoms with Crippen molar-refractivity contribution in [2.24, 2.45) is 86.0 Å². The van der Waals surface area contributed by atoms with Crippen LogP contribution in [0.3, 0.4) is 0 Å². The van der Waals surface area contributed by atoms with Crippen molar-refractivity contribution in [1.29, 1.82) is 0 Å². The van der Waals surface area contributed by atoms with E-state index >= 15 is 0 Å². The van der Waals surface area contributed by atoms with Gasteiger partial charge in [0, 0.05) is 0 Å². The summed E-state index contributed by atoms with van der Waals surface area (Å²) < 4.78 is 27.0. The first-order valence-corrected chi connectivity index (χ1v) is 7.88. The van der Waals surface area contributed by atoms with Gasteiger partial charge in [-0.1, -0.05) is 0 Å². The topological polar surface area (TPSA) is 435 Å². The Kier molecular flexibility index (Phi) is 6.71. The molecule has 0 aromatic heterocycles. The second kappa shape index (κ2) is 6.84. The third-order valence-corrected chi connectivity index (χ3v) is 4.40. The Morgan fingerprint density at radius 1 is 0.423 bits per heavy atom. The first-order chi connectivity index (χ1) is 10.9. The molecular weight excluding hydrogens is 377 g/mol. The van der Waals surface area contributed by atoms with Crippen LogP contribution in [-0.2, 0) is 18.1 Å². The summed E-state index contributed by atoms with van der Waals surface area (Å²) in [6.07, 6.45) is 0. The van der Waals surface area contributed by atoms with Crippen LogP contribution in [0.25, 0.3) is 0 Å². The largest absolute Gasteiger partial charge is 0.483 e. The molecule has 0 heterocycles. The van der Waals surface area contributed by atoms with Gasteiger partial charge < -0.3 is 0 Å². The summed E-state index contributed by atoms with van der Waals surface area (Å²) in [5.74, 6) is -16.1. The third-order valence-electron chi connectivity index (χ3n) is 2.82. The molecule has 0 aromatic rings. The number of hydrogen-bond donors (Lipinski definition) is 15. The van der Waals surface area contributed by atoms with E-state index in [9.17, 15) is 4.57 Å². The van der Waals surface area contributed by atoms with Crippen LogP contribution in [-0.4, -0.2) is 34.9 Å². The molecule has 19 nitrogen and oxygen atoms in total. The molecule has 0 spiro atoms. The average Bonchev–Trinajstić information content (AvgIpc) is 2.19. The lowest BCUT2D eigenvalue weighted by Crippen LogP contribution is -2.84. The Morgan fingerprint density at radius 2 is 0.577 bits per heavy atom. The lowest BCUT2D eigenvalue weighted by Gasteiger charge is -2.44. The Hall–Kier alpha value is -0.490. The molecule has 0 aromatic carbocycles. The molecule has 0 radical (unpaired) electrons. The number of hydrogen-bond acceptors (Lipinski definition) is 19. The van der Waals surface area contributed by atoms with Crippen LogP contribution in [0, 0.1) is 0 Å². The van der Waals surface area contributed by atoms with Gasteiger partial charge in [0.05, 0.1) is 0 Å². The van der Waals surface area contributed by atoms with E-state index in [4.69, 9.17) is 99.6 Å². The van der Waals surface area contributed by atoms with E-state index < -0.39 is 42.7 Å². The Labute approximate surface area is 148 Å². The van der Waals surface area contributed by atoms with Gasteiger partial charge in [0.2, 0.25) is 17.5 Å². The summed E-state index contributed by atoms with van der Waals surface area (Å²) >= 11 is 0. The molecule has 0 rings (SSSR count). The van der Waals surface area contributed by atoms with Crippen molar-refractivity contribution in [2.45, 2.75) is 34.9 Å². The average molecular weight is 407 g/mol. The van der Waals surface area contributed by atoms with Crippen molar-refractivity contribution in [3.63, 3.8) is 0 Å². The minimum absolute atomic E-state index is 2.54. The van der Waals surface area contributed by atoms with Gasteiger partial charge in [-0.2, -0.15) is 0 Å². The SMILES string of the molecule is NC(N)(N)C(N)(N)OP(=O)(OC(N)(N)C(N)(N)N)OC(N)(N)C(N)(N)N. The molecule has 20 heteroatoms. The van der Waals surface area contributed by atoms with Crippen molar-refractivity contribution in [3.8, 4) is 0 Å². The molecule has 0 unspecified atom stereocenters. The van der Waals surface area contributed by atoms with Crippen LogP contribution in [0.15, 0.2) is 0 Å². The molecule has 26 heavy (non-hydrogen) atoms. The maximum absolute atomic E-state index is 13.0. The summed E-state index contributed by atoms with van der Waals surface area (Å²) in [7, 11) is -5.34. The van der Waals surface area contributed by atoms with Crippen molar-refractivity contribution in [2.75, 3.05) is 0 Å². The van der Waals surface area contributed by atoms with Gasteiger partial charge in [-0.05, 0) is 0 Å². The predicted molar refractivity (Wildman–Crippen MR) is 90.1 cm³/mol. The summed E-state index contributed by atoms with van der Waals surface area (Å²) in [4.78, 5) is 0. The fourth-order valence-corrected chi connectivity index (χ4v) is 2.54. The van der Waals surface area contributed by atoms with Gasteiger partial charge in [0.25, 0.3) is 0 Å². The van der Waals surface area contributed by atoms with Crippen molar-refractivity contribution in [3.05, 3.63) is 0 Å². The molecule has 0 saturated heterocycles. The van der Waals surface area contributed by atoms with E-state index in [1.54, 1.807) is 0 Å². The van der Waals surface area contributed by atoms with Crippen LogP contribution < -0.4 is 86.0 Å². The lowest BCUT2D eigenvalue weighted by atomic mass is 10.3. The van der Waals surface area contributed by atoms with Crippen LogP contribution in [0.1, 0.15) is 0 Å². The van der Waals surface area contributed by atoms with E-state index in [1.165, 1.54) is 0 Å². The summed E-state index contributed by atoms with van der Waals surface area (Å²) in [6.45, 7) is 0. The molecule has 0 aliphatic carbocycles. The molecule has 0 fully saturated rings.